The molecule has 2 aromatic heterocycles. The molecular formula is C21H25N3O2S2. The molecule has 148 valence electrons. The van der Waals surface area contributed by atoms with Gasteiger partial charge in [-0.05, 0) is 38.8 Å². The fourth-order valence-corrected chi connectivity index (χ4v) is 5.15. The maximum atomic E-state index is 12.9. The average Bonchev–Trinajstić information content (AvgIpc) is 2.99. The Labute approximate surface area is 173 Å². The number of carbonyl (C=O) groups is 1. The van der Waals surface area contributed by atoms with Crippen molar-refractivity contribution >= 4 is 39.2 Å². The fourth-order valence-electron chi connectivity index (χ4n) is 3.10. The van der Waals surface area contributed by atoms with E-state index in [9.17, 15) is 9.59 Å². The minimum atomic E-state index is -0.0182. The quantitative estimate of drug-likeness (QED) is 0.442. The molecule has 1 amide bonds. The van der Waals surface area contributed by atoms with Crippen LogP contribution in [-0.2, 0) is 11.3 Å². The van der Waals surface area contributed by atoms with Crippen molar-refractivity contribution in [2.45, 2.75) is 45.4 Å². The lowest BCUT2D eigenvalue weighted by atomic mass is 10.1. The third-order valence-corrected chi connectivity index (χ3v) is 7.21. The van der Waals surface area contributed by atoms with E-state index in [-0.39, 0.29) is 23.3 Å². The molecule has 0 saturated heterocycles. The average molecular weight is 416 g/mol. The van der Waals surface area contributed by atoms with Crippen molar-refractivity contribution in [3.8, 4) is 0 Å². The zero-order valence-electron chi connectivity index (χ0n) is 16.9. The van der Waals surface area contributed by atoms with Gasteiger partial charge in [0, 0.05) is 18.5 Å². The van der Waals surface area contributed by atoms with E-state index in [1.165, 1.54) is 23.1 Å². The first-order valence-corrected chi connectivity index (χ1v) is 11.1. The van der Waals surface area contributed by atoms with Crippen LogP contribution in [0.1, 0.15) is 35.9 Å². The van der Waals surface area contributed by atoms with Crippen molar-refractivity contribution in [2.75, 3.05) is 12.8 Å². The number of thioether (sulfide) groups is 1. The molecule has 5 nitrogen and oxygen atoms in total. The minimum Gasteiger partial charge on any atom is -0.338 e. The molecule has 2 heterocycles. The molecule has 0 bridgehead atoms. The first-order valence-electron chi connectivity index (χ1n) is 9.29. The number of amides is 1. The number of nitrogens with zero attached hydrogens (tertiary/aromatic N) is 3. The second-order valence-electron chi connectivity index (χ2n) is 6.79. The topological polar surface area (TPSA) is 55.2 Å². The van der Waals surface area contributed by atoms with Gasteiger partial charge in [-0.1, -0.05) is 42.1 Å². The molecule has 0 aliphatic rings. The smallest absolute Gasteiger partial charge is 0.263 e. The first kappa shape index (κ1) is 20.6. The summed E-state index contributed by atoms with van der Waals surface area (Å²) in [6, 6.07) is 9.95. The Balaban J connectivity index is 1.81. The Morgan fingerprint density at radius 2 is 1.96 bits per heavy atom. The molecule has 28 heavy (non-hydrogen) atoms. The Morgan fingerprint density at radius 3 is 2.61 bits per heavy atom. The van der Waals surface area contributed by atoms with Gasteiger partial charge in [-0.2, -0.15) is 0 Å². The van der Waals surface area contributed by atoms with Crippen LogP contribution in [0.15, 0.2) is 40.3 Å². The number of hydrogen-bond acceptors (Lipinski definition) is 5. The molecule has 0 aliphatic heterocycles. The van der Waals surface area contributed by atoms with Gasteiger partial charge in [-0.15, -0.1) is 11.3 Å². The monoisotopic (exact) mass is 415 g/mol. The van der Waals surface area contributed by atoms with Gasteiger partial charge in [0.15, 0.2) is 5.16 Å². The molecule has 7 heteroatoms. The van der Waals surface area contributed by atoms with E-state index in [1.54, 1.807) is 9.47 Å². The van der Waals surface area contributed by atoms with Crippen LogP contribution in [0.25, 0.3) is 10.2 Å². The maximum Gasteiger partial charge on any atom is 0.263 e. The van der Waals surface area contributed by atoms with Crippen LogP contribution in [-0.4, -0.2) is 33.2 Å². The van der Waals surface area contributed by atoms with Crippen LogP contribution in [0.4, 0.5) is 0 Å². The van der Waals surface area contributed by atoms with Crippen molar-refractivity contribution in [1.82, 2.24) is 14.5 Å². The van der Waals surface area contributed by atoms with E-state index < -0.39 is 0 Å². The second kappa shape index (κ2) is 8.49. The third-order valence-electron chi connectivity index (χ3n) is 5.15. The SMILES string of the molecule is CCn1c(SCC(=O)N(C)[C@H](C)c2ccccc2)nc2sc(C)c(C)c2c1=O. The summed E-state index contributed by atoms with van der Waals surface area (Å²) >= 11 is 2.87. The number of fused-ring (bicyclic) bond motifs is 1. The van der Waals surface area contributed by atoms with Crippen molar-refractivity contribution in [2.24, 2.45) is 0 Å². The second-order valence-corrected chi connectivity index (χ2v) is 8.93. The normalized spacial score (nSPS) is 12.3. The number of rotatable bonds is 6. The standard InChI is InChI=1S/C21H25N3O2S2/c1-6-24-20(26)18-13(2)15(4)28-19(18)22-21(24)27-12-17(25)23(5)14(3)16-10-8-7-9-11-16/h7-11,14H,6,12H2,1-5H3/t14-/m1/s1. The highest BCUT2D eigenvalue weighted by molar-refractivity contribution is 7.99. The van der Waals surface area contributed by atoms with Gasteiger partial charge < -0.3 is 4.90 Å². The summed E-state index contributed by atoms with van der Waals surface area (Å²) in [7, 11) is 1.82. The summed E-state index contributed by atoms with van der Waals surface area (Å²) < 4.78 is 1.67. The number of carbonyl (C=O) groups excluding carboxylic acids is 1. The van der Waals surface area contributed by atoms with Crippen LogP contribution < -0.4 is 5.56 Å². The first-order chi connectivity index (χ1) is 13.3. The van der Waals surface area contributed by atoms with E-state index in [0.717, 1.165) is 20.8 Å². The number of benzene rings is 1. The Bertz CT molecular complexity index is 1060. The van der Waals surface area contributed by atoms with Crippen molar-refractivity contribution in [3.05, 3.63) is 56.7 Å². The molecule has 0 aliphatic carbocycles. The molecule has 0 N–H and O–H groups in total. The molecule has 0 fully saturated rings. The van der Waals surface area contributed by atoms with E-state index in [0.29, 0.717) is 17.1 Å². The summed E-state index contributed by atoms with van der Waals surface area (Å²) in [5.41, 5.74) is 2.08. The summed E-state index contributed by atoms with van der Waals surface area (Å²) in [5, 5.41) is 1.31. The highest BCUT2D eigenvalue weighted by Crippen LogP contribution is 2.28. The van der Waals surface area contributed by atoms with Gasteiger partial charge in [0.05, 0.1) is 17.2 Å². The van der Waals surface area contributed by atoms with E-state index in [2.05, 4.69) is 0 Å². The molecular weight excluding hydrogens is 390 g/mol. The van der Waals surface area contributed by atoms with Crippen LogP contribution in [0.2, 0.25) is 0 Å². The molecule has 0 saturated carbocycles. The lowest BCUT2D eigenvalue weighted by molar-refractivity contribution is -0.128. The Morgan fingerprint density at radius 1 is 1.29 bits per heavy atom. The van der Waals surface area contributed by atoms with E-state index >= 15 is 0 Å². The zero-order chi connectivity index (χ0) is 20.4. The zero-order valence-corrected chi connectivity index (χ0v) is 18.5. The van der Waals surface area contributed by atoms with Gasteiger partial charge >= 0.3 is 0 Å². The molecule has 1 atom stereocenters. The van der Waals surface area contributed by atoms with Crippen LogP contribution in [0, 0.1) is 13.8 Å². The number of hydrogen-bond donors (Lipinski definition) is 0. The van der Waals surface area contributed by atoms with E-state index in [4.69, 9.17) is 4.98 Å². The van der Waals surface area contributed by atoms with Gasteiger partial charge in [0.25, 0.3) is 5.56 Å². The van der Waals surface area contributed by atoms with E-state index in [1.807, 2.05) is 65.1 Å². The van der Waals surface area contributed by atoms with Crippen molar-refractivity contribution in [1.29, 1.82) is 0 Å². The summed E-state index contributed by atoms with van der Waals surface area (Å²) in [5.74, 6) is 0.256. The number of thiophene rings is 1. The van der Waals surface area contributed by atoms with Crippen LogP contribution in [0.5, 0.6) is 0 Å². The highest BCUT2D eigenvalue weighted by Gasteiger charge is 2.20. The largest absolute Gasteiger partial charge is 0.338 e. The molecule has 1 aromatic carbocycles. The predicted molar refractivity (Wildman–Crippen MR) is 117 cm³/mol. The van der Waals surface area contributed by atoms with Gasteiger partial charge in [0.2, 0.25) is 5.91 Å². The van der Waals surface area contributed by atoms with Gasteiger partial charge in [-0.3, -0.25) is 14.2 Å². The highest BCUT2D eigenvalue weighted by atomic mass is 32.2. The lowest BCUT2D eigenvalue weighted by Gasteiger charge is -2.25. The van der Waals surface area contributed by atoms with Crippen molar-refractivity contribution < 1.29 is 4.79 Å². The molecule has 0 spiro atoms. The lowest BCUT2D eigenvalue weighted by Crippen LogP contribution is -2.31. The van der Waals surface area contributed by atoms with Crippen molar-refractivity contribution in [3.63, 3.8) is 0 Å². The molecule has 3 rings (SSSR count). The maximum absolute atomic E-state index is 12.9. The summed E-state index contributed by atoms with van der Waals surface area (Å²) in [6.45, 7) is 8.45. The number of aromatic nitrogens is 2. The molecule has 0 unspecified atom stereocenters. The third kappa shape index (κ3) is 3.86. The van der Waals surface area contributed by atoms with Gasteiger partial charge in [0.1, 0.15) is 4.83 Å². The Hall–Kier alpha value is -2.12. The van der Waals surface area contributed by atoms with Crippen LogP contribution in [0.3, 0.4) is 0 Å². The molecule has 3 aromatic rings. The number of aryl methyl sites for hydroxylation is 2. The predicted octanol–water partition coefficient (Wildman–Crippen LogP) is 4.41. The van der Waals surface area contributed by atoms with Gasteiger partial charge in [-0.25, -0.2) is 4.98 Å². The summed E-state index contributed by atoms with van der Waals surface area (Å²) in [4.78, 5) is 33.9. The fraction of sp³-hybridized carbons (Fsp3) is 0.381. The summed E-state index contributed by atoms with van der Waals surface area (Å²) in [6.07, 6.45) is 0. The minimum absolute atomic E-state index is 0.0110. The Kier molecular flexibility index (Phi) is 6.25. The van der Waals surface area contributed by atoms with Crippen LogP contribution >= 0.6 is 23.1 Å². The molecule has 0 radical (unpaired) electrons.